The van der Waals surface area contributed by atoms with Crippen molar-refractivity contribution in [1.29, 1.82) is 0 Å². The zero-order valence-electron chi connectivity index (χ0n) is 7.96. The Morgan fingerprint density at radius 2 is 2.57 bits per heavy atom. The molecule has 0 fully saturated rings. The summed E-state index contributed by atoms with van der Waals surface area (Å²) in [6.07, 6.45) is 3.07. The van der Waals surface area contributed by atoms with Gasteiger partial charge in [-0.1, -0.05) is 0 Å². The highest BCUT2D eigenvalue weighted by Crippen LogP contribution is 1.94. The molecule has 0 spiro atoms. The fourth-order valence-corrected chi connectivity index (χ4v) is 1.04. The minimum Gasteiger partial charge on any atom is -0.355 e. The molecule has 5 nitrogen and oxygen atoms in total. The van der Waals surface area contributed by atoms with Crippen LogP contribution in [0.3, 0.4) is 0 Å². The van der Waals surface area contributed by atoms with E-state index in [1.807, 2.05) is 0 Å². The van der Waals surface area contributed by atoms with Gasteiger partial charge in [0.05, 0.1) is 0 Å². The highest BCUT2D eigenvalue weighted by molar-refractivity contribution is 6.30. The summed E-state index contributed by atoms with van der Waals surface area (Å²) in [5.41, 5.74) is 0. The van der Waals surface area contributed by atoms with Crippen molar-refractivity contribution < 1.29 is 4.79 Å². The van der Waals surface area contributed by atoms with Crippen LogP contribution in [-0.4, -0.2) is 33.0 Å². The minimum atomic E-state index is -0.472. The number of alkyl halides is 1. The van der Waals surface area contributed by atoms with Gasteiger partial charge in [0.2, 0.25) is 5.91 Å². The third kappa shape index (κ3) is 3.74. The molecule has 0 aliphatic carbocycles. The van der Waals surface area contributed by atoms with Gasteiger partial charge in [0.25, 0.3) is 0 Å². The van der Waals surface area contributed by atoms with E-state index in [4.69, 9.17) is 11.6 Å². The topological polar surface area (TPSA) is 70.7 Å². The smallest absolute Gasteiger partial charge is 0.237 e. The van der Waals surface area contributed by atoms with Gasteiger partial charge in [0.1, 0.15) is 17.5 Å². The SMILES string of the molecule is CC(Cl)C(=O)NCCCc1ncn[nH]1. The van der Waals surface area contributed by atoms with Crippen LogP contribution < -0.4 is 5.32 Å². The molecule has 1 unspecified atom stereocenters. The number of carbonyl (C=O) groups excluding carboxylic acids is 1. The first kappa shape index (κ1) is 11.0. The molecule has 1 atom stereocenters. The first-order valence-electron chi connectivity index (χ1n) is 4.46. The summed E-state index contributed by atoms with van der Waals surface area (Å²) in [5.74, 6) is 0.697. The van der Waals surface area contributed by atoms with E-state index in [0.29, 0.717) is 6.54 Å². The number of aromatic amines is 1. The number of amides is 1. The van der Waals surface area contributed by atoms with Crippen molar-refractivity contribution in [2.45, 2.75) is 25.1 Å². The Morgan fingerprint density at radius 1 is 1.79 bits per heavy atom. The fourth-order valence-electron chi connectivity index (χ4n) is 0.959. The van der Waals surface area contributed by atoms with Crippen molar-refractivity contribution >= 4 is 17.5 Å². The number of hydrogen-bond acceptors (Lipinski definition) is 3. The normalized spacial score (nSPS) is 12.4. The van der Waals surface area contributed by atoms with Crippen LogP contribution >= 0.6 is 11.6 Å². The van der Waals surface area contributed by atoms with Crippen LogP contribution in [-0.2, 0) is 11.2 Å². The number of hydrogen-bond donors (Lipinski definition) is 2. The molecule has 1 heterocycles. The van der Waals surface area contributed by atoms with Crippen LogP contribution in [0.1, 0.15) is 19.2 Å². The second kappa shape index (κ2) is 5.59. The van der Waals surface area contributed by atoms with Gasteiger partial charge >= 0.3 is 0 Å². The van der Waals surface area contributed by atoms with Gasteiger partial charge in [-0.2, -0.15) is 5.10 Å². The molecule has 1 amide bonds. The molecular weight excluding hydrogens is 204 g/mol. The van der Waals surface area contributed by atoms with E-state index < -0.39 is 5.38 Å². The van der Waals surface area contributed by atoms with Gasteiger partial charge in [0.15, 0.2) is 0 Å². The van der Waals surface area contributed by atoms with Crippen molar-refractivity contribution in [2.24, 2.45) is 0 Å². The van der Waals surface area contributed by atoms with Crippen LogP contribution in [0.2, 0.25) is 0 Å². The number of rotatable bonds is 5. The molecule has 14 heavy (non-hydrogen) atoms. The summed E-state index contributed by atoms with van der Waals surface area (Å²) in [4.78, 5) is 15.0. The minimum absolute atomic E-state index is 0.135. The van der Waals surface area contributed by atoms with Crippen molar-refractivity contribution in [3.63, 3.8) is 0 Å². The summed E-state index contributed by atoms with van der Waals surface area (Å²) >= 11 is 5.57. The molecule has 0 saturated carbocycles. The van der Waals surface area contributed by atoms with E-state index in [2.05, 4.69) is 20.5 Å². The number of aromatic nitrogens is 3. The summed E-state index contributed by atoms with van der Waals surface area (Å²) < 4.78 is 0. The molecule has 1 rings (SSSR count). The van der Waals surface area contributed by atoms with Crippen molar-refractivity contribution in [3.05, 3.63) is 12.2 Å². The van der Waals surface area contributed by atoms with E-state index in [0.717, 1.165) is 18.7 Å². The Labute approximate surface area is 87.3 Å². The lowest BCUT2D eigenvalue weighted by Crippen LogP contribution is -2.30. The van der Waals surface area contributed by atoms with Crippen LogP contribution in [0, 0.1) is 0 Å². The average Bonchev–Trinajstić information content (AvgIpc) is 2.64. The molecule has 2 N–H and O–H groups in total. The average molecular weight is 217 g/mol. The first-order chi connectivity index (χ1) is 6.70. The number of H-pyrrole nitrogens is 1. The molecule has 0 aliphatic heterocycles. The summed E-state index contributed by atoms with van der Waals surface area (Å²) in [5, 5.41) is 8.71. The van der Waals surface area contributed by atoms with E-state index in [9.17, 15) is 4.79 Å². The van der Waals surface area contributed by atoms with Gasteiger partial charge < -0.3 is 5.32 Å². The van der Waals surface area contributed by atoms with Gasteiger partial charge in [-0.3, -0.25) is 9.89 Å². The predicted octanol–water partition coefficient (Wildman–Crippen LogP) is 0.481. The van der Waals surface area contributed by atoms with E-state index in [1.165, 1.54) is 6.33 Å². The second-order valence-electron chi connectivity index (χ2n) is 2.94. The lowest BCUT2D eigenvalue weighted by molar-refractivity contribution is -0.120. The van der Waals surface area contributed by atoms with E-state index >= 15 is 0 Å². The third-order valence-electron chi connectivity index (χ3n) is 1.72. The molecule has 78 valence electrons. The van der Waals surface area contributed by atoms with Gasteiger partial charge in [-0.25, -0.2) is 4.98 Å². The maximum Gasteiger partial charge on any atom is 0.237 e. The largest absolute Gasteiger partial charge is 0.355 e. The zero-order valence-corrected chi connectivity index (χ0v) is 8.71. The molecule has 1 aromatic heterocycles. The third-order valence-corrected chi connectivity index (χ3v) is 1.91. The Morgan fingerprint density at radius 3 is 3.14 bits per heavy atom. The van der Waals surface area contributed by atoms with Gasteiger partial charge in [0, 0.05) is 13.0 Å². The molecule has 0 aromatic carbocycles. The predicted molar refractivity (Wildman–Crippen MR) is 53.0 cm³/mol. The molecule has 0 saturated heterocycles. The Bertz CT molecular complexity index is 273. The Hall–Kier alpha value is -1.10. The maximum absolute atomic E-state index is 11.0. The summed E-state index contributed by atoms with van der Waals surface area (Å²) in [6.45, 7) is 2.25. The number of aryl methyl sites for hydroxylation is 1. The van der Waals surface area contributed by atoms with Crippen LogP contribution in [0.25, 0.3) is 0 Å². The summed E-state index contributed by atoms with van der Waals surface area (Å²) in [6, 6.07) is 0. The zero-order chi connectivity index (χ0) is 10.4. The lowest BCUT2D eigenvalue weighted by Gasteiger charge is -2.04. The van der Waals surface area contributed by atoms with Crippen molar-refractivity contribution in [3.8, 4) is 0 Å². The fraction of sp³-hybridized carbons (Fsp3) is 0.625. The molecule has 0 aliphatic rings. The van der Waals surface area contributed by atoms with Gasteiger partial charge in [-0.05, 0) is 13.3 Å². The van der Waals surface area contributed by atoms with Crippen LogP contribution in [0.5, 0.6) is 0 Å². The number of carbonyl (C=O) groups is 1. The quantitative estimate of drug-likeness (QED) is 0.556. The van der Waals surface area contributed by atoms with E-state index in [-0.39, 0.29) is 5.91 Å². The molecular formula is C8H13ClN4O. The Balaban J connectivity index is 2.08. The highest BCUT2D eigenvalue weighted by atomic mass is 35.5. The highest BCUT2D eigenvalue weighted by Gasteiger charge is 2.07. The molecule has 0 bridgehead atoms. The number of halogens is 1. The lowest BCUT2D eigenvalue weighted by atomic mass is 10.3. The van der Waals surface area contributed by atoms with Gasteiger partial charge in [-0.15, -0.1) is 11.6 Å². The first-order valence-corrected chi connectivity index (χ1v) is 4.90. The van der Waals surface area contributed by atoms with Crippen LogP contribution in [0.15, 0.2) is 6.33 Å². The maximum atomic E-state index is 11.0. The molecule has 1 aromatic rings. The second-order valence-corrected chi connectivity index (χ2v) is 3.60. The molecule has 6 heteroatoms. The van der Waals surface area contributed by atoms with Crippen molar-refractivity contribution in [1.82, 2.24) is 20.5 Å². The number of nitrogens with zero attached hydrogens (tertiary/aromatic N) is 2. The monoisotopic (exact) mass is 216 g/mol. The number of nitrogens with one attached hydrogen (secondary N) is 2. The van der Waals surface area contributed by atoms with E-state index in [1.54, 1.807) is 6.92 Å². The molecule has 0 radical (unpaired) electrons. The Kier molecular flexibility index (Phi) is 4.39. The standard InChI is InChI=1S/C8H13ClN4O/c1-6(9)8(14)10-4-2-3-7-11-5-12-13-7/h5-6H,2-4H2,1H3,(H,10,14)(H,11,12,13). The van der Waals surface area contributed by atoms with Crippen LogP contribution in [0.4, 0.5) is 0 Å². The summed E-state index contributed by atoms with van der Waals surface area (Å²) in [7, 11) is 0. The van der Waals surface area contributed by atoms with Crippen molar-refractivity contribution in [2.75, 3.05) is 6.54 Å².